The largest absolute Gasteiger partial charge is 0.379 e. The highest BCUT2D eigenvalue weighted by molar-refractivity contribution is 5.07. The monoisotopic (exact) mass is 417 g/mol. The van der Waals surface area contributed by atoms with Crippen molar-refractivity contribution in [2.45, 2.75) is 116 Å². The molecule has 0 fully saturated rings. The van der Waals surface area contributed by atoms with Crippen molar-refractivity contribution >= 4 is 0 Å². The van der Waals surface area contributed by atoms with Crippen molar-refractivity contribution in [3.8, 4) is 18.2 Å². The Morgan fingerprint density at radius 3 is 1.20 bits per heavy atom. The van der Waals surface area contributed by atoms with Crippen LogP contribution in [0.1, 0.15) is 88.5 Å². The van der Waals surface area contributed by atoms with Gasteiger partial charge in [-0.3, -0.25) is 0 Å². The van der Waals surface area contributed by atoms with Crippen LogP contribution in [0, 0.1) is 34.0 Å². The third kappa shape index (κ3) is 12.2. The zero-order valence-electron chi connectivity index (χ0n) is 20.7. The van der Waals surface area contributed by atoms with Gasteiger partial charge in [0.25, 0.3) is 0 Å². The highest BCUT2D eigenvalue weighted by Gasteiger charge is 2.33. The highest BCUT2D eigenvalue weighted by atomic mass is 16.5. The average Bonchev–Trinajstić information content (AvgIpc) is 2.70. The van der Waals surface area contributed by atoms with Gasteiger partial charge in [-0.1, -0.05) is 13.8 Å². The predicted molar refractivity (Wildman–Crippen MR) is 118 cm³/mol. The minimum absolute atomic E-state index is 0.255. The Morgan fingerprint density at radius 2 is 0.967 bits per heavy atom. The molecular formula is C22H39N7O. The second-order valence-corrected chi connectivity index (χ2v) is 9.58. The second kappa shape index (κ2) is 11.7. The summed E-state index contributed by atoms with van der Waals surface area (Å²) >= 11 is 0. The molecular weight excluding hydrogens is 378 g/mol. The summed E-state index contributed by atoms with van der Waals surface area (Å²) in [6.07, 6.45) is 1.71. The van der Waals surface area contributed by atoms with E-state index in [-0.39, 0.29) is 11.1 Å². The molecule has 0 aromatic heterocycles. The summed E-state index contributed by atoms with van der Waals surface area (Å²) in [4.78, 5) is 0. The number of nitriles is 3. The smallest absolute Gasteiger partial charge is 0.167 e. The Morgan fingerprint density at radius 1 is 0.633 bits per heavy atom. The standard InChI is InChI=1S/C12H23N3O.C10H16N4/c1-10(2,3)14-15-12(6,9-13)8-11(4,5)16-7;1-5-9(3,7-11)13-14-10(4,6-2)8-12/h8H2,1-7H3;5-6H2,1-4H3. The van der Waals surface area contributed by atoms with Crippen molar-refractivity contribution < 1.29 is 4.74 Å². The van der Waals surface area contributed by atoms with Gasteiger partial charge in [-0.25, -0.2) is 0 Å². The third-order valence-electron chi connectivity index (χ3n) is 4.48. The number of methoxy groups -OCH3 is 1. The van der Waals surface area contributed by atoms with Crippen LogP contribution in [0.3, 0.4) is 0 Å². The van der Waals surface area contributed by atoms with Crippen LogP contribution in [0.2, 0.25) is 0 Å². The van der Waals surface area contributed by atoms with E-state index < -0.39 is 16.6 Å². The SMILES string of the molecule is CCC(C)(C#N)N=NC(C)(C#N)CC.COC(C)(C)CC(C)(C#N)N=NC(C)(C)C. The van der Waals surface area contributed by atoms with E-state index in [1.165, 1.54) is 0 Å². The highest BCUT2D eigenvalue weighted by Crippen LogP contribution is 2.27. The molecule has 0 bridgehead atoms. The van der Waals surface area contributed by atoms with Crippen LogP contribution in [0.25, 0.3) is 0 Å². The summed E-state index contributed by atoms with van der Waals surface area (Å²) in [5.74, 6) is 0. The Balaban J connectivity index is 0. The Bertz CT molecular complexity index is 688. The van der Waals surface area contributed by atoms with Crippen LogP contribution in [-0.4, -0.2) is 34.9 Å². The lowest BCUT2D eigenvalue weighted by Gasteiger charge is -2.29. The topological polar surface area (TPSA) is 130 Å². The lowest BCUT2D eigenvalue weighted by atomic mass is 9.90. The molecule has 8 nitrogen and oxygen atoms in total. The van der Waals surface area contributed by atoms with Crippen LogP contribution in [0.5, 0.6) is 0 Å². The van der Waals surface area contributed by atoms with Crippen LogP contribution in [-0.2, 0) is 4.74 Å². The van der Waals surface area contributed by atoms with E-state index >= 15 is 0 Å². The van der Waals surface area contributed by atoms with Crippen molar-refractivity contribution in [1.29, 1.82) is 15.8 Å². The van der Waals surface area contributed by atoms with Crippen molar-refractivity contribution in [2.75, 3.05) is 7.11 Å². The molecule has 0 aliphatic carbocycles. The first-order valence-corrected chi connectivity index (χ1v) is 10.2. The van der Waals surface area contributed by atoms with Crippen molar-refractivity contribution in [3.05, 3.63) is 0 Å². The van der Waals surface area contributed by atoms with E-state index in [2.05, 4.69) is 38.7 Å². The maximum atomic E-state index is 9.18. The minimum atomic E-state index is -0.827. The van der Waals surface area contributed by atoms with Gasteiger partial charge in [-0.15, -0.1) is 0 Å². The molecule has 0 saturated carbocycles. The Labute approximate surface area is 183 Å². The molecule has 0 aliphatic heterocycles. The lowest BCUT2D eigenvalue weighted by Crippen LogP contribution is -2.34. The predicted octanol–water partition coefficient (Wildman–Crippen LogP) is 6.16. The number of nitrogens with zero attached hydrogens (tertiary/aromatic N) is 7. The fourth-order valence-corrected chi connectivity index (χ4v) is 1.82. The van der Waals surface area contributed by atoms with Crippen molar-refractivity contribution in [3.63, 3.8) is 0 Å². The van der Waals surface area contributed by atoms with Gasteiger partial charge in [0.2, 0.25) is 0 Å². The maximum absolute atomic E-state index is 9.18. The van der Waals surface area contributed by atoms with E-state index in [1.807, 2.05) is 48.5 Å². The van der Waals surface area contributed by atoms with Crippen molar-refractivity contribution in [1.82, 2.24) is 0 Å². The molecule has 0 saturated heterocycles. The summed E-state index contributed by atoms with van der Waals surface area (Å²) in [7, 11) is 1.64. The first-order chi connectivity index (χ1) is 13.5. The summed E-state index contributed by atoms with van der Waals surface area (Å²) in [5.41, 5.74) is -3.05. The zero-order chi connectivity index (χ0) is 24.3. The van der Waals surface area contributed by atoms with Crippen LogP contribution >= 0.6 is 0 Å². The molecule has 168 valence electrons. The summed E-state index contributed by atoms with van der Waals surface area (Å²) in [6, 6.07) is 6.36. The molecule has 0 aliphatic rings. The third-order valence-corrected chi connectivity index (χ3v) is 4.48. The van der Waals surface area contributed by atoms with Gasteiger partial charge in [0.15, 0.2) is 16.6 Å². The molecule has 0 rings (SSSR count). The van der Waals surface area contributed by atoms with Gasteiger partial charge in [0.1, 0.15) is 0 Å². The quantitative estimate of drug-likeness (QED) is 0.438. The molecule has 0 heterocycles. The van der Waals surface area contributed by atoms with E-state index in [0.29, 0.717) is 19.3 Å². The Kier molecular flexibility index (Phi) is 11.7. The summed E-state index contributed by atoms with van der Waals surface area (Å²) in [6.45, 7) is 18.7. The normalized spacial score (nSPS) is 18.1. The molecule has 0 spiro atoms. The van der Waals surface area contributed by atoms with E-state index in [0.717, 1.165) is 0 Å². The summed E-state index contributed by atoms with van der Waals surface area (Å²) in [5, 5.41) is 43.1. The lowest BCUT2D eigenvalue weighted by molar-refractivity contribution is 0.00462. The summed E-state index contributed by atoms with van der Waals surface area (Å²) < 4.78 is 5.31. The fraction of sp³-hybridized carbons (Fsp3) is 0.864. The van der Waals surface area contributed by atoms with Crippen LogP contribution in [0.15, 0.2) is 20.5 Å². The molecule has 0 aromatic rings. The van der Waals surface area contributed by atoms with Gasteiger partial charge < -0.3 is 4.74 Å². The van der Waals surface area contributed by atoms with Crippen molar-refractivity contribution in [2.24, 2.45) is 20.5 Å². The fourth-order valence-electron chi connectivity index (χ4n) is 1.82. The van der Waals surface area contributed by atoms with E-state index in [1.54, 1.807) is 27.9 Å². The molecule has 8 heteroatoms. The molecule has 0 radical (unpaired) electrons. The van der Waals surface area contributed by atoms with Gasteiger partial charge in [-0.05, 0) is 68.2 Å². The van der Waals surface area contributed by atoms with Gasteiger partial charge >= 0.3 is 0 Å². The van der Waals surface area contributed by atoms with Gasteiger partial charge in [0, 0.05) is 13.5 Å². The molecule has 3 atom stereocenters. The number of hydrogen-bond donors (Lipinski definition) is 0. The first-order valence-electron chi connectivity index (χ1n) is 10.2. The van der Waals surface area contributed by atoms with E-state index in [9.17, 15) is 5.26 Å². The zero-order valence-corrected chi connectivity index (χ0v) is 20.7. The van der Waals surface area contributed by atoms with Gasteiger partial charge in [0.05, 0.1) is 29.3 Å². The molecule has 0 aromatic carbocycles. The second-order valence-electron chi connectivity index (χ2n) is 9.58. The molecule has 0 N–H and O–H groups in total. The Hall–Kier alpha value is -2.37. The number of rotatable bonds is 8. The average molecular weight is 418 g/mol. The molecule has 3 unspecified atom stereocenters. The van der Waals surface area contributed by atoms with Gasteiger partial charge in [-0.2, -0.15) is 36.2 Å². The number of hydrogen-bond acceptors (Lipinski definition) is 8. The first kappa shape index (κ1) is 29.8. The maximum Gasteiger partial charge on any atom is 0.167 e. The number of azo groups is 2. The molecule has 0 amide bonds. The van der Waals surface area contributed by atoms with Crippen LogP contribution in [0.4, 0.5) is 0 Å². The number of ether oxygens (including phenoxy) is 1. The molecule has 30 heavy (non-hydrogen) atoms. The van der Waals surface area contributed by atoms with Crippen LogP contribution < -0.4 is 0 Å². The van der Waals surface area contributed by atoms with E-state index in [4.69, 9.17) is 15.3 Å². The minimum Gasteiger partial charge on any atom is -0.379 e.